The van der Waals surface area contributed by atoms with E-state index < -0.39 is 54.7 Å². The van der Waals surface area contributed by atoms with E-state index in [0.29, 0.717) is 51.5 Å². The molecule has 4 unspecified atom stereocenters. The van der Waals surface area contributed by atoms with Gasteiger partial charge in [0, 0.05) is 51.0 Å². The van der Waals surface area contributed by atoms with Crippen LogP contribution in [0.25, 0.3) is 0 Å². The molecule has 0 aliphatic heterocycles. The highest BCUT2D eigenvalue weighted by atomic mass is 16.6. The SMILES string of the molecule is CC(=O)[C@@H](CCCCNC(=O)CCCCOC(O)/C(O)=C(/O)C(O)CCO)NC(=O)CCCCOC(O)/C(C)=C(\O)C(O)CCO. The van der Waals surface area contributed by atoms with E-state index in [-0.39, 0.29) is 68.7 Å². The third-order valence-corrected chi connectivity index (χ3v) is 6.92. The van der Waals surface area contributed by atoms with Gasteiger partial charge in [0.2, 0.25) is 18.1 Å². The van der Waals surface area contributed by atoms with Crippen LogP contribution in [0.5, 0.6) is 0 Å². The van der Waals surface area contributed by atoms with Crippen molar-refractivity contribution < 1.29 is 69.8 Å². The second kappa shape index (κ2) is 25.3. The molecule has 0 aliphatic carbocycles. The smallest absolute Gasteiger partial charge is 0.220 e. The van der Waals surface area contributed by atoms with Crippen molar-refractivity contribution in [2.24, 2.45) is 0 Å². The molecule has 0 radical (unpaired) electrons. The summed E-state index contributed by atoms with van der Waals surface area (Å²) in [6.45, 7) is 2.43. The minimum absolute atomic E-state index is 0.0230. The van der Waals surface area contributed by atoms with Crippen LogP contribution in [-0.2, 0) is 23.9 Å². The van der Waals surface area contributed by atoms with Crippen LogP contribution in [0, 0.1) is 0 Å². The van der Waals surface area contributed by atoms with Gasteiger partial charge < -0.3 is 66.1 Å². The van der Waals surface area contributed by atoms with Crippen LogP contribution in [0.2, 0.25) is 0 Å². The molecule has 46 heavy (non-hydrogen) atoms. The molecule has 0 aromatic carbocycles. The minimum atomic E-state index is -1.86. The summed E-state index contributed by atoms with van der Waals surface area (Å²) in [5.41, 5.74) is 0.0230. The molecule has 2 amide bonds. The average molecular weight is 667 g/mol. The van der Waals surface area contributed by atoms with Gasteiger partial charge in [0.25, 0.3) is 0 Å². The molecule has 16 nitrogen and oxygen atoms in total. The van der Waals surface area contributed by atoms with E-state index in [2.05, 4.69) is 10.6 Å². The number of amides is 2. The van der Waals surface area contributed by atoms with E-state index in [1.54, 1.807) is 0 Å². The quantitative estimate of drug-likeness (QED) is 0.0313. The average Bonchev–Trinajstić information content (AvgIpc) is 3.01. The van der Waals surface area contributed by atoms with E-state index in [1.807, 2.05) is 0 Å². The number of carbonyl (C=O) groups excluding carboxylic acids is 3. The number of nitrogens with one attached hydrogen (secondary N) is 2. The third kappa shape index (κ3) is 19.0. The maximum atomic E-state index is 12.3. The molecule has 16 heteroatoms. The van der Waals surface area contributed by atoms with E-state index >= 15 is 0 Å². The largest absolute Gasteiger partial charge is 0.509 e. The first kappa shape index (κ1) is 43.2. The van der Waals surface area contributed by atoms with Crippen molar-refractivity contribution in [3.8, 4) is 0 Å². The Labute approximate surface area is 269 Å². The maximum Gasteiger partial charge on any atom is 0.220 e. The fourth-order valence-electron chi connectivity index (χ4n) is 4.01. The number of aliphatic hydroxyl groups excluding tert-OH is 9. The van der Waals surface area contributed by atoms with Crippen LogP contribution in [0.1, 0.15) is 84.5 Å². The van der Waals surface area contributed by atoms with Gasteiger partial charge >= 0.3 is 0 Å². The lowest BCUT2D eigenvalue weighted by molar-refractivity contribution is -0.127. The third-order valence-electron chi connectivity index (χ3n) is 6.92. The summed E-state index contributed by atoms with van der Waals surface area (Å²) in [5, 5.41) is 91.0. The Morgan fingerprint density at radius 1 is 0.630 bits per heavy atom. The van der Waals surface area contributed by atoms with Crippen molar-refractivity contribution in [3.05, 3.63) is 22.9 Å². The van der Waals surface area contributed by atoms with Crippen molar-refractivity contribution in [2.75, 3.05) is 33.0 Å². The fraction of sp³-hybridized carbons (Fsp3) is 0.767. The molecule has 0 saturated heterocycles. The zero-order chi connectivity index (χ0) is 35.1. The van der Waals surface area contributed by atoms with Gasteiger partial charge in [-0.3, -0.25) is 14.4 Å². The highest BCUT2D eigenvalue weighted by Crippen LogP contribution is 2.15. The van der Waals surface area contributed by atoms with E-state index in [0.717, 1.165) is 0 Å². The standard InChI is InChI=1S/C30H54N2O14/c1-19(26(40)22(36)12-15-33)29(43)45-17-8-5-11-25(39)32-21(20(2)35)9-3-6-14-31-24(38)10-4-7-18-46-30(44)28(42)27(41)23(37)13-16-34/h21-23,29-30,33-34,36-37,40-44H,3-18H2,1-2H3,(H,31,38)(H,32,39)/b26-19-,28-27-/t21-,22?,23?,29?,30?/m1/s1. The minimum Gasteiger partial charge on any atom is -0.509 e. The topological polar surface area (TPSA) is 276 Å². The number of ether oxygens (including phenoxy) is 2. The molecule has 0 spiro atoms. The number of ketones is 1. The number of unbranched alkanes of at least 4 members (excludes halogenated alkanes) is 3. The van der Waals surface area contributed by atoms with Crippen molar-refractivity contribution in [1.82, 2.24) is 10.6 Å². The number of carbonyl (C=O) groups is 3. The molecule has 0 aliphatic rings. The zero-order valence-corrected chi connectivity index (χ0v) is 26.8. The molecular weight excluding hydrogens is 612 g/mol. The van der Waals surface area contributed by atoms with Crippen LogP contribution in [0.15, 0.2) is 22.9 Å². The van der Waals surface area contributed by atoms with Gasteiger partial charge in [0.1, 0.15) is 18.0 Å². The van der Waals surface area contributed by atoms with Crippen LogP contribution in [0.3, 0.4) is 0 Å². The Bertz CT molecular complexity index is 958. The van der Waals surface area contributed by atoms with Gasteiger partial charge in [-0.1, -0.05) is 0 Å². The Morgan fingerprint density at radius 3 is 1.70 bits per heavy atom. The van der Waals surface area contributed by atoms with Crippen LogP contribution >= 0.6 is 0 Å². The first-order valence-corrected chi connectivity index (χ1v) is 15.5. The highest BCUT2D eigenvalue weighted by molar-refractivity contribution is 5.87. The van der Waals surface area contributed by atoms with Gasteiger partial charge in [-0.15, -0.1) is 0 Å². The number of rotatable bonds is 27. The molecule has 0 aromatic heterocycles. The molecule has 11 N–H and O–H groups in total. The second-order valence-electron chi connectivity index (χ2n) is 10.8. The van der Waals surface area contributed by atoms with Crippen LogP contribution in [0.4, 0.5) is 0 Å². The Hall–Kier alpha value is -2.83. The lowest BCUT2D eigenvalue weighted by Crippen LogP contribution is -2.39. The molecule has 0 heterocycles. The van der Waals surface area contributed by atoms with Gasteiger partial charge in [-0.2, -0.15) is 0 Å². The van der Waals surface area contributed by atoms with E-state index in [9.17, 15) is 50.1 Å². The molecule has 5 atom stereocenters. The van der Waals surface area contributed by atoms with Crippen molar-refractivity contribution in [2.45, 2.75) is 115 Å². The predicted molar refractivity (Wildman–Crippen MR) is 164 cm³/mol. The lowest BCUT2D eigenvalue weighted by Gasteiger charge is -2.17. The van der Waals surface area contributed by atoms with E-state index in [1.165, 1.54) is 13.8 Å². The van der Waals surface area contributed by atoms with Crippen molar-refractivity contribution >= 4 is 17.6 Å². The number of Topliss-reactive ketones (excluding diaryl/α,β-unsaturated/α-hetero) is 1. The molecule has 0 rings (SSSR count). The maximum absolute atomic E-state index is 12.3. The van der Waals surface area contributed by atoms with Crippen LogP contribution < -0.4 is 10.6 Å². The second-order valence-corrected chi connectivity index (χ2v) is 10.8. The Morgan fingerprint density at radius 2 is 1.15 bits per heavy atom. The van der Waals surface area contributed by atoms with Crippen molar-refractivity contribution in [3.63, 3.8) is 0 Å². The first-order valence-electron chi connectivity index (χ1n) is 15.5. The summed E-state index contributed by atoms with van der Waals surface area (Å²) >= 11 is 0. The van der Waals surface area contributed by atoms with Gasteiger partial charge in [-0.25, -0.2) is 0 Å². The first-order chi connectivity index (χ1) is 21.8. The number of hydrogen-bond acceptors (Lipinski definition) is 14. The summed E-state index contributed by atoms with van der Waals surface area (Å²) in [6, 6.07) is -0.660. The van der Waals surface area contributed by atoms with Gasteiger partial charge in [0.05, 0.1) is 19.3 Å². The molecule has 0 bridgehead atoms. The molecular formula is C30H54N2O14. The number of hydrogen-bond donors (Lipinski definition) is 11. The number of aliphatic hydroxyl groups is 9. The summed E-state index contributed by atoms with van der Waals surface area (Å²) in [4.78, 5) is 36.3. The molecule has 268 valence electrons. The summed E-state index contributed by atoms with van der Waals surface area (Å²) in [7, 11) is 0. The normalized spacial score (nSPS) is 16.0. The summed E-state index contributed by atoms with van der Waals surface area (Å²) in [5.74, 6) is -3.02. The van der Waals surface area contributed by atoms with Crippen molar-refractivity contribution in [1.29, 1.82) is 0 Å². The Balaban J connectivity index is 4.16. The van der Waals surface area contributed by atoms with Crippen LogP contribution in [-0.4, -0.2) is 127 Å². The van der Waals surface area contributed by atoms with Gasteiger partial charge in [0.15, 0.2) is 23.6 Å². The molecule has 0 fully saturated rings. The highest BCUT2D eigenvalue weighted by Gasteiger charge is 2.21. The molecule has 0 saturated carbocycles. The predicted octanol–water partition coefficient (Wildman–Crippen LogP) is 0.00350. The summed E-state index contributed by atoms with van der Waals surface area (Å²) < 4.78 is 10.2. The fourth-order valence-corrected chi connectivity index (χ4v) is 4.01. The van der Waals surface area contributed by atoms with Gasteiger partial charge in [-0.05, 0) is 58.8 Å². The van der Waals surface area contributed by atoms with E-state index in [4.69, 9.17) is 19.7 Å². The Kier molecular flexibility index (Phi) is 23.7. The summed E-state index contributed by atoms with van der Waals surface area (Å²) in [6.07, 6.45) is -2.98. The lowest BCUT2D eigenvalue weighted by atomic mass is 10.1. The zero-order valence-electron chi connectivity index (χ0n) is 26.8. The monoisotopic (exact) mass is 666 g/mol. The molecule has 0 aromatic rings.